The van der Waals surface area contributed by atoms with Gasteiger partial charge in [0.15, 0.2) is 0 Å². The molecule has 1 saturated heterocycles. The van der Waals surface area contributed by atoms with Gasteiger partial charge in [-0.15, -0.1) is 0 Å². The van der Waals surface area contributed by atoms with Crippen LogP contribution in [-0.2, 0) is 4.79 Å². The minimum Gasteiger partial charge on any atom is -0.480 e. The molecule has 0 amide bonds. The topological polar surface area (TPSA) is 64.0 Å². The molecule has 1 heterocycles. The number of β-amino-alcohol motifs (C(OH)–C–C–N with tert-alkyl or cyclic N) is 1. The van der Waals surface area contributed by atoms with Crippen LogP contribution in [0, 0.1) is 6.92 Å². The van der Waals surface area contributed by atoms with Crippen LogP contribution < -0.4 is 0 Å². The summed E-state index contributed by atoms with van der Waals surface area (Å²) in [6.07, 6.45) is 0. The summed E-state index contributed by atoms with van der Waals surface area (Å²) >= 11 is 0. The van der Waals surface area contributed by atoms with Crippen molar-refractivity contribution in [3.63, 3.8) is 0 Å². The van der Waals surface area contributed by atoms with Crippen LogP contribution in [0.25, 0.3) is 0 Å². The fraction of sp³-hybridized carbons (Fsp3) is 0.533. The summed E-state index contributed by atoms with van der Waals surface area (Å²) in [5, 5.41) is 18.5. The van der Waals surface area contributed by atoms with Gasteiger partial charge in [0, 0.05) is 32.7 Å². The normalized spacial score (nSPS) is 18.9. The fourth-order valence-electron chi connectivity index (χ4n) is 2.64. The molecule has 1 aromatic carbocycles. The summed E-state index contributed by atoms with van der Waals surface area (Å²) in [4.78, 5) is 15.8. The van der Waals surface area contributed by atoms with E-state index in [1.54, 1.807) is 0 Å². The zero-order valence-electron chi connectivity index (χ0n) is 11.8. The zero-order chi connectivity index (χ0) is 14.5. The van der Waals surface area contributed by atoms with E-state index in [9.17, 15) is 9.90 Å². The predicted octanol–water partition coefficient (Wildman–Crippen LogP) is 0.731. The lowest BCUT2D eigenvalue weighted by atomic mass is 10.0. The number of aliphatic hydroxyl groups excluding tert-OH is 1. The van der Waals surface area contributed by atoms with Gasteiger partial charge in [0.1, 0.15) is 6.04 Å². The van der Waals surface area contributed by atoms with E-state index in [-0.39, 0.29) is 6.61 Å². The molecule has 1 atom stereocenters. The first kappa shape index (κ1) is 15.0. The third-order valence-corrected chi connectivity index (χ3v) is 3.82. The number of benzene rings is 1. The van der Waals surface area contributed by atoms with E-state index in [0.29, 0.717) is 19.6 Å². The highest BCUT2D eigenvalue weighted by Crippen LogP contribution is 2.23. The van der Waals surface area contributed by atoms with Crippen molar-refractivity contribution in [1.29, 1.82) is 0 Å². The van der Waals surface area contributed by atoms with E-state index in [4.69, 9.17) is 5.11 Å². The average molecular weight is 278 g/mol. The monoisotopic (exact) mass is 278 g/mol. The lowest BCUT2D eigenvalue weighted by Gasteiger charge is -2.37. The lowest BCUT2D eigenvalue weighted by molar-refractivity contribution is -0.144. The first-order valence-electron chi connectivity index (χ1n) is 6.98. The minimum absolute atomic E-state index is 0.153. The maximum Gasteiger partial charge on any atom is 0.325 e. The number of hydrogen-bond acceptors (Lipinski definition) is 4. The first-order chi connectivity index (χ1) is 9.61. The van der Waals surface area contributed by atoms with Gasteiger partial charge in [-0.3, -0.25) is 14.6 Å². The number of carboxylic acid groups (broad SMARTS) is 1. The molecule has 0 aromatic heterocycles. The third kappa shape index (κ3) is 3.56. The number of aliphatic hydroxyl groups is 1. The number of rotatable bonds is 5. The molecule has 0 saturated carbocycles. The van der Waals surface area contributed by atoms with Crippen molar-refractivity contribution < 1.29 is 15.0 Å². The second-order valence-corrected chi connectivity index (χ2v) is 5.25. The number of nitrogens with zero attached hydrogens (tertiary/aromatic N) is 2. The van der Waals surface area contributed by atoms with Crippen LogP contribution in [0.3, 0.4) is 0 Å². The van der Waals surface area contributed by atoms with Crippen molar-refractivity contribution in [2.75, 3.05) is 39.3 Å². The molecule has 1 fully saturated rings. The summed E-state index contributed by atoms with van der Waals surface area (Å²) < 4.78 is 0. The number of hydrogen-bond donors (Lipinski definition) is 2. The Labute approximate surface area is 119 Å². The first-order valence-corrected chi connectivity index (χ1v) is 6.98. The van der Waals surface area contributed by atoms with Crippen molar-refractivity contribution in [1.82, 2.24) is 9.80 Å². The standard InChI is InChI=1S/C15H22N2O3/c1-12-2-4-13(5-3-12)14(15(19)20)17-8-6-16(7-9-17)10-11-18/h2-5,14,18H,6-11H2,1H3,(H,19,20). The molecule has 0 bridgehead atoms. The molecule has 1 unspecified atom stereocenters. The summed E-state index contributed by atoms with van der Waals surface area (Å²) in [5.41, 5.74) is 1.96. The van der Waals surface area contributed by atoms with Gasteiger partial charge < -0.3 is 10.2 Å². The van der Waals surface area contributed by atoms with E-state index in [0.717, 1.165) is 24.2 Å². The highest BCUT2D eigenvalue weighted by Gasteiger charge is 2.29. The van der Waals surface area contributed by atoms with Gasteiger partial charge in [0.05, 0.1) is 6.61 Å². The summed E-state index contributed by atoms with van der Waals surface area (Å²) in [7, 11) is 0. The summed E-state index contributed by atoms with van der Waals surface area (Å²) in [6, 6.07) is 7.12. The molecule has 20 heavy (non-hydrogen) atoms. The summed E-state index contributed by atoms with van der Waals surface area (Å²) in [5.74, 6) is -0.801. The van der Waals surface area contributed by atoms with E-state index < -0.39 is 12.0 Å². The van der Waals surface area contributed by atoms with E-state index >= 15 is 0 Å². The van der Waals surface area contributed by atoms with E-state index in [1.165, 1.54) is 0 Å². The van der Waals surface area contributed by atoms with Crippen molar-refractivity contribution in [3.8, 4) is 0 Å². The largest absolute Gasteiger partial charge is 0.480 e. The van der Waals surface area contributed by atoms with Gasteiger partial charge in [0.2, 0.25) is 0 Å². The van der Waals surface area contributed by atoms with Crippen LogP contribution in [0.1, 0.15) is 17.2 Å². The second-order valence-electron chi connectivity index (χ2n) is 5.25. The maximum absolute atomic E-state index is 11.6. The Hall–Kier alpha value is -1.43. The zero-order valence-corrected chi connectivity index (χ0v) is 11.8. The predicted molar refractivity (Wildman–Crippen MR) is 76.7 cm³/mol. The molecular formula is C15H22N2O3. The molecule has 5 nitrogen and oxygen atoms in total. The Bertz CT molecular complexity index is 439. The van der Waals surface area contributed by atoms with Crippen molar-refractivity contribution >= 4 is 5.97 Å². The Kier molecular flexibility index (Phi) is 5.11. The second kappa shape index (κ2) is 6.83. The lowest BCUT2D eigenvalue weighted by Crippen LogP contribution is -2.49. The highest BCUT2D eigenvalue weighted by atomic mass is 16.4. The molecule has 1 aliphatic rings. The molecular weight excluding hydrogens is 256 g/mol. The van der Waals surface area contributed by atoms with Gasteiger partial charge >= 0.3 is 5.97 Å². The van der Waals surface area contributed by atoms with Crippen molar-refractivity contribution in [2.45, 2.75) is 13.0 Å². The molecule has 0 radical (unpaired) electrons. The molecule has 110 valence electrons. The van der Waals surface area contributed by atoms with Crippen LogP contribution in [0.15, 0.2) is 24.3 Å². The molecule has 2 N–H and O–H groups in total. The molecule has 0 spiro atoms. The Morgan fingerprint density at radius 3 is 2.30 bits per heavy atom. The van der Waals surface area contributed by atoms with Gasteiger partial charge in [-0.1, -0.05) is 29.8 Å². The number of aliphatic carboxylic acids is 1. The molecule has 1 aromatic rings. The third-order valence-electron chi connectivity index (χ3n) is 3.82. The highest BCUT2D eigenvalue weighted by molar-refractivity contribution is 5.75. The molecule has 0 aliphatic carbocycles. The van der Waals surface area contributed by atoms with Gasteiger partial charge in [-0.05, 0) is 12.5 Å². The van der Waals surface area contributed by atoms with Crippen molar-refractivity contribution in [3.05, 3.63) is 35.4 Å². The van der Waals surface area contributed by atoms with Crippen LogP contribution in [0.5, 0.6) is 0 Å². The Morgan fingerprint density at radius 1 is 1.20 bits per heavy atom. The molecule has 2 rings (SSSR count). The van der Waals surface area contributed by atoms with Crippen LogP contribution in [-0.4, -0.2) is 65.3 Å². The van der Waals surface area contributed by atoms with Crippen LogP contribution in [0.4, 0.5) is 0 Å². The summed E-state index contributed by atoms with van der Waals surface area (Å²) in [6.45, 7) is 5.84. The van der Waals surface area contributed by atoms with Gasteiger partial charge in [0.25, 0.3) is 0 Å². The van der Waals surface area contributed by atoms with E-state index in [1.807, 2.05) is 36.1 Å². The molecule has 5 heteroatoms. The SMILES string of the molecule is Cc1ccc(C(C(=O)O)N2CCN(CCO)CC2)cc1. The van der Waals surface area contributed by atoms with Crippen molar-refractivity contribution in [2.24, 2.45) is 0 Å². The van der Waals surface area contributed by atoms with Gasteiger partial charge in [-0.2, -0.15) is 0 Å². The quantitative estimate of drug-likeness (QED) is 0.831. The molecule has 1 aliphatic heterocycles. The number of aryl methyl sites for hydroxylation is 1. The van der Waals surface area contributed by atoms with Crippen LogP contribution in [0.2, 0.25) is 0 Å². The maximum atomic E-state index is 11.6. The minimum atomic E-state index is -0.801. The Morgan fingerprint density at radius 2 is 1.80 bits per heavy atom. The van der Waals surface area contributed by atoms with E-state index in [2.05, 4.69) is 4.90 Å². The Balaban J connectivity index is 2.07. The fourth-order valence-corrected chi connectivity index (χ4v) is 2.64. The smallest absolute Gasteiger partial charge is 0.325 e. The average Bonchev–Trinajstić information content (AvgIpc) is 2.43. The van der Waals surface area contributed by atoms with Crippen LogP contribution >= 0.6 is 0 Å². The van der Waals surface area contributed by atoms with Gasteiger partial charge in [-0.25, -0.2) is 0 Å². The number of carboxylic acids is 1. The number of carbonyl (C=O) groups is 1. The number of piperazine rings is 1.